The van der Waals surface area contributed by atoms with Crippen LogP contribution in [0.1, 0.15) is 0 Å². The summed E-state index contributed by atoms with van der Waals surface area (Å²) in [7, 11) is 0. The Labute approximate surface area is 58.7 Å². The Bertz CT molecular complexity index is 8.00. The topological polar surface area (TPSA) is 17.1 Å². The molecule has 0 aliphatic rings. The van der Waals surface area contributed by atoms with Crippen LogP contribution >= 0.6 is 0 Å². The van der Waals surface area contributed by atoms with E-state index in [0.717, 1.165) is 0 Å². The van der Waals surface area contributed by atoms with E-state index in [1.54, 1.807) is 0 Å². The maximum atomic E-state index is 8.28. The van der Waals surface area contributed by atoms with E-state index >= 15 is 0 Å². The molecule has 4 heteroatoms. The quantitative estimate of drug-likeness (QED) is 0.514. The first-order valence-corrected chi connectivity index (χ1v) is 0.866. The second-order valence-corrected chi connectivity index (χ2v) is 0. The SMILES string of the molecule is [O]=[AlH].[Rh].[Ru]. The Morgan fingerprint density at radius 1 is 1.25 bits per heavy atom. The van der Waals surface area contributed by atoms with E-state index in [0.29, 0.717) is 16.2 Å². The van der Waals surface area contributed by atoms with Gasteiger partial charge in [0.1, 0.15) is 0 Å². The molecule has 1 nitrogen and oxygen atoms in total. The van der Waals surface area contributed by atoms with Crippen molar-refractivity contribution in [1.82, 2.24) is 0 Å². The van der Waals surface area contributed by atoms with Gasteiger partial charge in [-0.15, -0.1) is 0 Å². The van der Waals surface area contributed by atoms with Crippen molar-refractivity contribution in [3.63, 3.8) is 0 Å². The van der Waals surface area contributed by atoms with Crippen LogP contribution in [0.15, 0.2) is 0 Å². The molecular weight excluding hydrogens is 247 g/mol. The van der Waals surface area contributed by atoms with Crippen LogP contribution in [0.4, 0.5) is 0 Å². The zero-order chi connectivity index (χ0) is 2.00. The number of rotatable bonds is 0. The van der Waals surface area contributed by atoms with Crippen molar-refractivity contribution in [1.29, 1.82) is 0 Å². The zero-order valence-corrected chi connectivity index (χ0v) is 6.59. The Hall–Kier alpha value is 1.58. The largest absolute Gasteiger partial charge is 0 e. The van der Waals surface area contributed by atoms with E-state index in [-0.39, 0.29) is 39.0 Å². The third kappa shape index (κ3) is 9.55. The van der Waals surface area contributed by atoms with Crippen molar-refractivity contribution in [2.75, 3.05) is 0 Å². The van der Waals surface area contributed by atoms with Crippen molar-refractivity contribution in [3.05, 3.63) is 0 Å². The van der Waals surface area contributed by atoms with Crippen LogP contribution in [-0.4, -0.2) is 16.2 Å². The summed E-state index contributed by atoms with van der Waals surface area (Å²) in [5.41, 5.74) is 0. The summed E-state index contributed by atoms with van der Waals surface area (Å²) in [5, 5.41) is 0. The molecule has 1 radical (unpaired) electrons. The molecule has 0 saturated heterocycles. The van der Waals surface area contributed by atoms with Crippen LogP contribution in [-0.2, 0) is 42.8 Å². The molecule has 0 aromatic rings. The van der Waals surface area contributed by atoms with E-state index < -0.39 is 0 Å². The Kier molecular flexibility index (Phi) is 103. The van der Waals surface area contributed by atoms with Crippen molar-refractivity contribution in [3.8, 4) is 0 Å². The average molecular weight is 248 g/mol. The van der Waals surface area contributed by atoms with Gasteiger partial charge in [0.25, 0.3) is 0 Å². The van der Waals surface area contributed by atoms with Crippen LogP contribution in [0.25, 0.3) is 0 Å². The van der Waals surface area contributed by atoms with E-state index in [4.69, 9.17) is 3.80 Å². The van der Waals surface area contributed by atoms with Gasteiger partial charge in [0.15, 0.2) is 0 Å². The van der Waals surface area contributed by atoms with Gasteiger partial charge in [-0.05, 0) is 0 Å². The fraction of sp³-hybridized carbons (Fsp3) is 0. The number of hydrogen-bond donors (Lipinski definition) is 0. The van der Waals surface area contributed by atoms with Crippen LogP contribution in [0.2, 0.25) is 0 Å². The molecule has 0 aromatic heterocycles. The van der Waals surface area contributed by atoms with Gasteiger partial charge < -0.3 is 0 Å². The minimum absolute atomic E-state index is 0. The molecule has 0 atom stereocenters. The molecule has 0 N–H and O–H groups in total. The van der Waals surface area contributed by atoms with Crippen molar-refractivity contribution < 1.29 is 42.8 Å². The van der Waals surface area contributed by atoms with Crippen LogP contribution in [0, 0.1) is 0 Å². The van der Waals surface area contributed by atoms with Gasteiger partial charge in [0.05, 0.1) is 0 Å². The number of hydrogen-bond acceptors (Lipinski definition) is 1. The predicted molar refractivity (Wildman–Crippen MR) is 7.84 cm³/mol. The first kappa shape index (κ1) is 17.6. The summed E-state index contributed by atoms with van der Waals surface area (Å²) >= 11 is 0.611. The molecule has 27 valence electrons. The minimum atomic E-state index is 0. The predicted octanol–water partition coefficient (Wildman–Crippen LogP) is -0.772. The Morgan fingerprint density at radius 3 is 1.25 bits per heavy atom. The molecular formula is HAlORhRu. The normalized spacial score (nSPS) is 0.750. The van der Waals surface area contributed by atoms with Crippen LogP contribution in [0.3, 0.4) is 0 Å². The van der Waals surface area contributed by atoms with Gasteiger partial charge in [-0.25, -0.2) is 0 Å². The maximum Gasteiger partial charge on any atom is 0 e. The third-order valence-electron chi connectivity index (χ3n) is 0. The smallest absolute Gasteiger partial charge is 0 e. The fourth-order valence-corrected chi connectivity index (χ4v) is 0. The molecule has 0 aliphatic carbocycles. The van der Waals surface area contributed by atoms with Gasteiger partial charge >= 0.3 is 20.0 Å². The van der Waals surface area contributed by atoms with Gasteiger partial charge in [0.2, 0.25) is 0 Å². The van der Waals surface area contributed by atoms with Gasteiger partial charge in [0, 0.05) is 39.0 Å². The van der Waals surface area contributed by atoms with Crippen LogP contribution < -0.4 is 0 Å². The summed E-state index contributed by atoms with van der Waals surface area (Å²) < 4.78 is 8.28. The van der Waals surface area contributed by atoms with Gasteiger partial charge in [-0.3, -0.25) is 0 Å². The van der Waals surface area contributed by atoms with Crippen molar-refractivity contribution in [2.24, 2.45) is 0 Å². The Balaban J connectivity index is -0.00000000500. The van der Waals surface area contributed by atoms with Crippen molar-refractivity contribution >= 4 is 16.2 Å². The molecule has 0 unspecified atom stereocenters. The first-order chi connectivity index (χ1) is 1.00. The first-order valence-electron chi connectivity index (χ1n) is 0.289. The molecule has 0 aliphatic heterocycles. The van der Waals surface area contributed by atoms with Gasteiger partial charge in [-0.1, -0.05) is 0 Å². The van der Waals surface area contributed by atoms with E-state index in [1.165, 1.54) is 0 Å². The Morgan fingerprint density at radius 2 is 1.25 bits per heavy atom. The molecule has 0 heterocycles. The van der Waals surface area contributed by atoms with Crippen molar-refractivity contribution in [2.45, 2.75) is 0 Å². The molecule has 4 heavy (non-hydrogen) atoms. The second-order valence-electron chi connectivity index (χ2n) is 0. The maximum absolute atomic E-state index is 8.28. The summed E-state index contributed by atoms with van der Waals surface area (Å²) in [6.07, 6.45) is 0. The molecule has 0 rings (SSSR count). The summed E-state index contributed by atoms with van der Waals surface area (Å²) in [6.45, 7) is 0. The van der Waals surface area contributed by atoms with E-state index in [2.05, 4.69) is 0 Å². The molecule has 0 fully saturated rings. The fourth-order valence-electron chi connectivity index (χ4n) is 0. The molecule has 0 aromatic carbocycles. The monoisotopic (exact) mass is 249 g/mol. The third-order valence-corrected chi connectivity index (χ3v) is 0. The molecule has 0 saturated carbocycles. The minimum Gasteiger partial charge on any atom is 0 e. The average Bonchev–Trinajstić information content (AvgIpc) is 1.00. The second kappa shape index (κ2) is 23.5. The molecule has 0 bridgehead atoms. The molecule has 0 spiro atoms. The zero-order valence-electron chi connectivity index (χ0n) is 1.80. The molecule has 0 amide bonds. The van der Waals surface area contributed by atoms with Crippen LogP contribution in [0.5, 0.6) is 0 Å². The van der Waals surface area contributed by atoms with E-state index in [9.17, 15) is 0 Å². The summed E-state index contributed by atoms with van der Waals surface area (Å²) in [4.78, 5) is 0. The standard InChI is InChI=1S/Al.O.Rh.Ru.H. The summed E-state index contributed by atoms with van der Waals surface area (Å²) in [6, 6.07) is 0. The van der Waals surface area contributed by atoms with Gasteiger partial charge in [-0.2, -0.15) is 0 Å². The summed E-state index contributed by atoms with van der Waals surface area (Å²) in [5.74, 6) is 0. The van der Waals surface area contributed by atoms with E-state index in [1.807, 2.05) is 0 Å².